The lowest BCUT2D eigenvalue weighted by atomic mass is 9.99. The standard InChI is InChI=1S/C15H20O10S/c1-6(16)22-10-11(23-7(2)17)13(24-8(3)18)15(26-9(4)19)25-12(10)14(20)21-5/h10-13,15H,1-5H3/t10-,11-,12-,13+,15-/m0/s1. The molecule has 1 heterocycles. The van der Waals surface area contributed by atoms with Crippen LogP contribution in [0.15, 0.2) is 0 Å². The number of hydrogen-bond donors (Lipinski definition) is 0. The Morgan fingerprint density at radius 3 is 1.65 bits per heavy atom. The molecule has 0 unspecified atom stereocenters. The molecular weight excluding hydrogens is 372 g/mol. The van der Waals surface area contributed by atoms with Gasteiger partial charge in [0.05, 0.1) is 7.11 Å². The summed E-state index contributed by atoms with van der Waals surface area (Å²) in [6.45, 7) is 4.51. The van der Waals surface area contributed by atoms with Gasteiger partial charge in [-0.25, -0.2) is 4.79 Å². The first-order valence-electron chi connectivity index (χ1n) is 7.49. The Kier molecular flexibility index (Phi) is 8.03. The van der Waals surface area contributed by atoms with Crippen molar-refractivity contribution in [3.8, 4) is 0 Å². The van der Waals surface area contributed by atoms with E-state index in [1.54, 1.807) is 0 Å². The van der Waals surface area contributed by atoms with Gasteiger partial charge >= 0.3 is 23.9 Å². The number of rotatable bonds is 5. The lowest BCUT2D eigenvalue weighted by molar-refractivity contribution is -0.235. The molecule has 11 heteroatoms. The smallest absolute Gasteiger partial charge is 0.339 e. The predicted octanol–water partition coefficient (Wildman–Crippen LogP) is -0.0409. The second kappa shape index (κ2) is 9.53. The van der Waals surface area contributed by atoms with Gasteiger partial charge in [-0.3, -0.25) is 19.2 Å². The molecule has 26 heavy (non-hydrogen) atoms. The van der Waals surface area contributed by atoms with Gasteiger partial charge in [0, 0.05) is 27.7 Å². The van der Waals surface area contributed by atoms with Gasteiger partial charge in [0.25, 0.3) is 0 Å². The molecule has 10 nitrogen and oxygen atoms in total. The molecule has 0 aromatic carbocycles. The zero-order valence-electron chi connectivity index (χ0n) is 14.9. The highest BCUT2D eigenvalue weighted by Gasteiger charge is 2.55. The summed E-state index contributed by atoms with van der Waals surface area (Å²) in [7, 11) is 1.09. The molecule has 0 spiro atoms. The van der Waals surface area contributed by atoms with E-state index < -0.39 is 58.8 Å². The van der Waals surface area contributed by atoms with E-state index in [0.29, 0.717) is 11.8 Å². The van der Waals surface area contributed by atoms with Gasteiger partial charge in [-0.1, -0.05) is 11.8 Å². The van der Waals surface area contributed by atoms with Crippen molar-refractivity contribution < 1.29 is 47.7 Å². The van der Waals surface area contributed by atoms with E-state index in [1.807, 2.05) is 0 Å². The number of ether oxygens (including phenoxy) is 5. The summed E-state index contributed by atoms with van der Waals surface area (Å²) in [5.74, 6) is -3.22. The monoisotopic (exact) mass is 392 g/mol. The first kappa shape index (κ1) is 21.9. The van der Waals surface area contributed by atoms with Crippen LogP contribution in [0.1, 0.15) is 27.7 Å². The van der Waals surface area contributed by atoms with Gasteiger partial charge in [-0.05, 0) is 0 Å². The summed E-state index contributed by atoms with van der Waals surface area (Å²) in [6, 6.07) is 0. The van der Waals surface area contributed by atoms with Crippen LogP contribution in [0.4, 0.5) is 0 Å². The van der Waals surface area contributed by atoms with Crippen molar-refractivity contribution in [3.05, 3.63) is 0 Å². The first-order valence-corrected chi connectivity index (χ1v) is 8.37. The molecule has 1 saturated heterocycles. The molecule has 146 valence electrons. The van der Waals surface area contributed by atoms with E-state index in [-0.39, 0.29) is 0 Å². The van der Waals surface area contributed by atoms with Crippen molar-refractivity contribution in [2.45, 2.75) is 57.5 Å². The van der Waals surface area contributed by atoms with Crippen LogP contribution in [0.3, 0.4) is 0 Å². The van der Waals surface area contributed by atoms with E-state index in [4.69, 9.17) is 18.9 Å². The van der Waals surface area contributed by atoms with Crippen molar-refractivity contribution in [1.82, 2.24) is 0 Å². The quantitative estimate of drug-likeness (QED) is 0.461. The normalized spacial score (nSPS) is 27.8. The number of hydrogen-bond acceptors (Lipinski definition) is 11. The number of methoxy groups -OCH3 is 1. The molecule has 0 aromatic heterocycles. The maximum Gasteiger partial charge on any atom is 0.339 e. The molecule has 1 aliphatic heterocycles. The first-order chi connectivity index (χ1) is 12.1. The molecule has 0 aliphatic carbocycles. The molecule has 1 fully saturated rings. The molecule has 1 rings (SSSR count). The maximum atomic E-state index is 12.1. The van der Waals surface area contributed by atoms with Gasteiger partial charge in [0.1, 0.15) is 0 Å². The van der Waals surface area contributed by atoms with Crippen LogP contribution < -0.4 is 0 Å². The summed E-state index contributed by atoms with van der Waals surface area (Å²) >= 11 is 0.631. The average molecular weight is 392 g/mol. The maximum absolute atomic E-state index is 12.1. The van der Waals surface area contributed by atoms with Crippen LogP contribution in [0.2, 0.25) is 0 Å². The van der Waals surface area contributed by atoms with Crippen LogP contribution >= 0.6 is 11.8 Å². The molecule has 1 aliphatic rings. The summed E-state index contributed by atoms with van der Waals surface area (Å²) < 4.78 is 25.5. The lowest BCUT2D eigenvalue weighted by Crippen LogP contribution is -2.62. The van der Waals surface area contributed by atoms with E-state index >= 15 is 0 Å². The molecule has 0 aromatic rings. The van der Waals surface area contributed by atoms with Crippen molar-refractivity contribution >= 4 is 40.8 Å². The number of carbonyl (C=O) groups excluding carboxylic acids is 5. The van der Waals surface area contributed by atoms with Crippen molar-refractivity contribution in [2.24, 2.45) is 0 Å². The summed E-state index contributed by atoms with van der Waals surface area (Å²) in [5, 5.41) is -0.400. The Balaban J connectivity index is 3.37. The fourth-order valence-corrected chi connectivity index (χ4v) is 3.19. The third-order valence-electron chi connectivity index (χ3n) is 3.12. The average Bonchev–Trinajstić information content (AvgIpc) is 2.50. The van der Waals surface area contributed by atoms with Crippen molar-refractivity contribution in [3.63, 3.8) is 0 Å². The third-order valence-corrected chi connectivity index (χ3v) is 4.06. The van der Waals surface area contributed by atoms with Crippen LogP contribution in [-0.2, 0) is 47.7 Å². The van der Waals surface area contributed by atoms with E-state index in [0.717, 1.165) is 27.9 Å². The highest BCUT2D eigenvalue weighted by atomic mass is 32.2. The zero-order valence-corrected chi connectivity index (χ0v) is 15.7. The fourth-order valence-electron chi connectivity index (χ4n) is 2.34. The Bertz CT molecular complexity index is 589. The molecule has 5 atom stereocenters. The second-order valence-corrected chi connectivity index (χ2v) is 6.56. The van der Waals surface area contributed by atoms with E-state index in [1.165, 1.54) is 6.92 Å². The SMILES string of the molecule is COC(=O)[C@H]1O[C@@H](SC(C)=O)[C@H](OC(C)=O)[C@@H](OC(C)=O)[C@@H]1OC(C)=O. The van der Waals surface area contributed by atoms with Crippen LogP contribution in [-0.4, -0.2) is 66.0 Å². The molecule has 0 amide bonds. The van der Waals surface area contributed by atoms with Crippen molar-refractivity contribution in [1.29, 1.82) is 0 Å². The Labute approximate surface area is 153 Å². The Hall–Kier alpha value is -2.14. The number of thioether (sulfide) groups is 1. The minimum absolute atomic E-state index is 0.400. The molecular formula is C15H20O10S. The Morgan fingerprint density at radius 2 is 1.23 bits per heavy atom. The zero-order chi connectivity index (χ0) is 20.0. The van der Waals surface area contributed by atoms with Crippen LogP contribution in [0.25, 0.3) is 0 Å². The van der Waals surface area contributed by atoms with E-state index in [9.17, 15) is 24.0 Å². The fraction of sp³-hybridized carbons (Fsp3) is 0.667. The van der Waals surface area contributed by atoms with Gasteiger partial charge < -0.3 is 23.7 Å². The highest BCUT2D eigenvalue weighted by molar-refractivity contribution is 8.14. The molecule has 0 bridgehead atoms. The van der Waals surface area contributed by atoms with Crippen molar-refractivity contribution in [2.75, 3.05) is 7.11 Å². The summed E-state index contributed by atoms with van der Waals surface area (Å²) in [6.07, 6.45) is -5.60. The van der Waals surface area contributed by atoms with Crippen LogP contribution in [0, 0.1) is 0 Å². The molecule has 0 saturated carbocycles. The third kappa shape index (κ3) is 5.99. The largest absolute Gasteiger partial charge is 0.467 e. The van der Waals surface area contributed by atoms with E-state index in [2.05, 4.69) is 4.74 Å². The predicted molar refractivity (Wildman–Crippen MR) is 85.6 cm³/mol. The van der Waals surface area contributed by atoms with Gasteiger partial charge in [-0.15, -0.1) is 0 Å². The summed E-state index contributed by atoms with van der Waals surface area (Å²) in [5.41, 5.74) is -1.18. The van der Waals surface area contributed by atoms with Gasteiger partial charge in [0.2, 0.25) is 0 Å². The van der Waals surface area contributed by atoms with Gasteiger partial charge in [0.15, 0.2) is 35.0 Å². The number of carbonyl (C=O) groups is 5. The second-order valence-electron chi connectivity index (χ2n) is 5.28. The minimum Gasteiger partial charge on any atom is -0.467 e. The summed E-state index contributed by atoms with van der Waals surface area (Å²) in [4.78, 5) is 58.0. The number of esters is 4. The van der Waals surface area contributed by atoms with Crippen LogP contribution in [0.5, 0.6) is 0 Å². The lowest BCUT2D eigenvalue weighted by Gasteiger charge is -2.42. The molecule has 0 radical (unpaired) electrons. The van der Waals surface area contributed by atoms with Gasteiger partial charge in [-0.2, -0.15) is 0 Å². The molecule has 0 N–H and O–H groups in total. The highest BCUT2D eigenvalue weighted by Crippen LogP contribution is 2.34. The Morgan fingerprint density at radius 1 is 0.769 bits per heavy atom. The minimum atomic E-state index is -1.49. The topological polar surface area (TPSA) is 132 Å².